The van der Waals surface area contributed by atoms with Crippen molar-refractivity contribution in [3.05, 3.63) is 23.8 Å². The first-order chi connectivity index (χ1) is 9.72. The Morgan fingerprint density at radius 1 is 1.20 bits per heavy atom. The molecule has 0 amide bonds. The van der Waals surface area contributed by atoms with Gasteiger partial charge in [0.1, 0.15) is 5.75 Å². The van der Waals surface area contributed by atoms with Crippen LogP contribution in [0.15, 0.2) is 18.2 Å². The van der Waals surface area contributed by atoms with Gasteiger partial charge in [-0.2, -0.15) is 0 Å². The van der Waals surface area contributed by atoms with E-state index in [4.69, 9.17) is 0 Å². The molecule has 1 aliphatic heterocycles. The third-order valence-corrected chi connectivity index (χ3v) is 4.15. The van der Waals surface area contributed by atoms with Crippen LogP contribution in [0.5, 0.6) is 5.75 Å². The molecule has 1 unspecified atom stereocenters. The predicted octanol–water partition coefficient (Wildman–Crippen LogP) is 3.83. The van der Waals surface area contributed by atoms with Crippen molar-refractivity contribution in [2.24, 2.45) is 0 Å². The fraction of sp³-hybridized carbons (Fsp3) is 0.647. The molecule has 3 nitrogen and oxygen atoms in total. The predicted molar refractivity (Wildman–Crippen MR) is 85.5 cm³/mol. The van der Waals surface area contributed by atoms with Gasteiger partial charge in [-0.1, -0.05) is 25.8 Å². The van der Waals surface area contributed by atoms with Crippen LogP contribution in [0, 0.1) is 0 Å². The van der Waals surface area contributed by atoms with Gasteiger partial charge < -0.3 is 15.3 Å². The summed E-state index contributed by atoms with van der Waals surface area (Å²) in [4.78, 5) is 2.40. The third-order valence-electron chi connectivity index (χ3n) is 4.15. The summed E-state index contributed by atoms with van der Waals surface area (Å²) >= 11 is 0. The lowest BCUT2D eigenvalue weighted by atomic mass is 10.1. The minimum Gasteiger partial charge on any atom is -0.508 e. The number of hydrogen-bond acceptors (Lipinski definition) is 3. The molecule has 0 saturated carbocycles. The maximum Gasteiger partial charge on any atom is 0.122 e. The van der Waals surface area contributed by atoms with Crippen molar-refractivity contribution >= 4 is 5.69 Å². The van der Waals surface area contributed by atoms with Gasteiger partial charge in [-0.05, 0) is 38.8 Å². The Bertz CT molecular complexity index is 411. The van der Waals surface area contributed by atoms with Gasteiger partial charge in [-0.15, -0.1) is 0 Å². The number of phenols is 1. The van der Waals surface area contributed by atoms with E-state index in [-0.39, 0.29) is 6.04 Å². The highest BCUT2D eigenvalue weighted by molar-refractivity contribution is 5.54. The Balaban J connectivity index is 2.08. The van der Waals surface area contributed by atoms with Crippen LogP contribution in [0.1, 0.15) is 57.6 Å². The number of rotatable bonds is 5. The van der Waals surface area contributed by atoms with Crippen LogP contribution in [-0.4, -0.2) is 24.7 Å². The summed E-state index contributed by atoms with van der Waals surface area (Å²) in [6.45, 7) is 7.47. The van der Waals surface area contributed by atoms with E-state index in [9.17, 15) is 5.11 Å². The smallest absolute Gasteiger partial charge is 0.122 e. The largest absolute Gasteiger partial charge is 0.508 e. The van der Waals surface area contributed by atoms with E-state index >= 15 is 0 Å². The van der Waals surface area contributed by atoms with Crippen LogP contribution in [0.4, 0.5) is 5.69 Å². The molecule has 1 heterocycles. The van der Waals surface area contributed by atoms with E-state index in [2.05, 4.69) is 36.2 Å². The normalized spacial score (nSPS) is 17.8. The molecule has 0 aromatic heterocycles. The maximum atomic E-state index is 10.3. The summed E-state index contributed by atoms with van der Waals surface area (Å²) in [6, 6.07) is 6.37. The minimum absolute atomic E-state index is 0.202. The van der Waals surface area contributed by atoms with E-state index in [0.29, 0.717) is 5.75 Å². The second-order valence-corrected chi connectivity index (χ2v) is 5.82. The highest BCUT2D eigenvalue weighted by atomic mass is 16.3. The van der Waals surface area contributed by atoms with Crippen molar-refractivity contribution in [2.45, 2.75) is 52.0 Å². The lowest BCUT2D eigenvalue weighted by Crippen LogP contribution is -2.24. The summed E-state index contributed by atoms with van der Waals surface area (Å²) in [7, 11) is 0. The van der Waals surface area contributed by atoms with E-state index < -0.39 is 0 Å². The SMILES string of the molecule is CCCNC(C)c1ccc(N2CCCCCC2)cc1O. The Morgan fingerprint density at radius 3 is 2.50 bits per heavy atom. The van der Waals surface area contributed by atoms with Gasteiger partial charge in [0.05, 0.1) is 0 Å². The van der Waals surface area contributed by atoms with Gasteiger partial charge in [0.15, 0.2) is 0 Å². The fourth-order valence-electron chi connectivity index (χ4n) is 2.89. The third kappa shape index (κ3) is 3.89. The number of aromatic hydroxyl groups is 1. The van der Waals surface area contributed by atoms with Gasteiger partial charge >= 0.3 is 0 Å². The summed E-state index contributed by atoms with van der Waals surface area (Å²) < 4.78 is 0. The zero-order valence-corrected chi connectivity index (χ0v) is 12.9. The molecule has 1 aliphatic rings. The lowest BCUT2D eigenvalue weighted by Gasteiger charge is -2.24. The van der Waals surface area contributed by atoms with Crippen molar-refractivity contribution in [2.75, 3.05) is 24.5 Å². The van der Waals surface area contributed by atoms with E-state index in [1.54, 1.807) is 0 Å². The fourth-order valence-corrected chi connectivity index (χ4v) is 2.89. The van der Waals surface area contributed by atoms with Crippen LogP contribution in [0.3, 0.4) is 0 Å². The molecule has 2 N–H and O–H groups in total. The van der Waals surface area contributed by atoms with E-state index in [0.717, 1.165) is 37.3 Å². The molecule has 1 saturated heterocycles. The van der Waals surface area contributed by atoms with Gasteiger partial charge in [0, 0.05) is 36.4 Å². The first-order valence-electron chi connectivity index (χ1n) is 8.03. The number of phenolic OH excluding ortho intramolecular Hbond substituents is 1. The van der Waals surface area contributed by atoms with Crippen LogP contribution in [0.25, 0.3) is 0 Å². The van der Waals surface area contributed by atoms with Crippen LogP contribution >= 0.6 is 0 Å². The summed E-state index contributed by atoms with van der Waals surface area (Å²) in [5.74, 6) is 0.419. The monoisotopic (exact) mass is 276 g/mol. The zero-order chi connectivity index (χ0) is 14.4. The number of nitrogens with zero attached hydrogens (tertiary/aromatic N) is 1. The number of hydrogen-bond donors (Lipinski definition) is 2. The van der Waals surface area contributed by atoms with Crippen LogP contribution < -0.4 is 10.2 Å². The summed E-state index contributed by atoms with van der Waals surface area (Å²) in [5.41, 5.74) is 2.16. The Hall–Kier alpha value is -1.22. The number of benzene rings is 1. The molecule has 112 valence electrons. The molecule has 2 rings (SSSR count). The molecule has 1 aromatic carbocycles. The Kier molecular flexibility index (Phi) is 5.72. The second-order valence-electron chi connectivity index (χ2n) is 5.82. The molecular weight excluding hydrogens is 248 g/mol. The molecule has 0 radical (unpaired) electrons. The van der Waals surface area contributed by atoms with Crippen LogP contribution in [0.2, 0.25) is 0 Å². The number of anilines is 1. The van der Waals surface area contributed by atoms with E-state index in [1.807, 2.05) is 6.07 Å². The van der Waals surface area contributed by atoms with Crippen LogP contribution in [-0.2, 0) is 0 Å². The minimum atomic E-state index is 0.202. The highest BCUT2D eigenvalue weighted by Gasteiger charge is 2.14. The molecule has 3 heteroatoms. The van der Waals surface area contributed by atoms with Crippen molar-refractivity contribution in [1.82, 2.24) is 5.32 Å². The summed E-state index contributed by atoms with van der Waals surface area (Å²) in [5, 5.41) is 13.7. The molecule has 1 fully saturated rings. The van der Waals surface area contributed by atoms with Crippen molar-refractivity contribution in [1.29, 1.82) is 0 Å². The van der Waals surface area contributed by atoms with Gasteiger partial charge in [0.2, 0.25) is 0 Å². The van der Waals surface area contributed by atoms with Gasteiger partial charge in [0.25, 0.3) is 0 Å². The molecule has 0 aliphatic carbocycles. The Morgan fingerprint density at radius 2 is 1.90 bits per heavy atom. The Labute approximate surface area is 123 Å². The molecule has 1 atom stereocenters. The lowest BCUT2D eigenvalue weighted by molar-refractivity contribution is 0.452. The van der Waals surface area contributed by atoms with Crippen molar-refractivity contribution in [3.8, 4) is 5.75 Å². The average molecular weight is 276 g/mol. The quantitative estimate of drug-likeness (QED) is 0.858. The first-order valence-corrected chi connectivity index (χ1v) is 8.03. The zero-order valence-electron chi connectivity index (χ0n) is 12.9. The molecular formula is C17H28N2O. The molecule has 0 bridgehead atoms. The first kappa shape index (κ1) is 15.2. The average Bonchev–Trinajstić information content (AvgIpc) is 2.73. The molecule has 20 heavy (non-hydrogen) atoms. The maximum absolute atomic E-state index is 10.3. The van der Waals surface area contributed by atoms with Gasteiger partial charge in [-0.25, -0.2) is 0 Å². The molecule has 0 spiro atoms. The molecule has 1 aromatic rings. The van der Waals surface area contributed by atoms with E-state index in [1.165, 1.54) is 25.7 Å². The number of nitrogens with one attached hydrogen (secondary N) is 1. The standard InChI is InChI=1S/C17H28N2O/c1-3-10-18-14(2)16-9-8-15(13-17(16)20)19-11-6-4-5-7-12-19/h8-9,13-14,18,20H,3-7,10-12H2,1-2H3. The highest BCUT2D eigenvalue weighted by Crippen LogP contribution is 2.30. The van der Waals surface area contributed by atoms with Crippen molar-refractivity contribution in [3.63, 3.8) is 0 Å². The summed E-state index contributed by atoms with van der Waals surface area (Å²) in [6.07, 6.45) is 6.29. The second kappa shape index (κ2) is 7.53. The van der Waals surface area contributed by atoms with Gasteiger partial charge in [-0.3, -0.25) is 0 Å². The van der Waals surface area contributed by atoms with Crippen molar-refractivity contribution < 1.29 is 5.11 Å². The topological polar surface area (TPSA) is 35.5 Å².